The molecule has 0 fully saturated rings. The van der Waals surface area contributed by atoms with E-state index in [9.17, 15) is 4.79 Å². The Bertz CT molecular complexity index is 1220. The second kappa shape index (κ2) is 9.53. The standard InChI is InChI=1S/C24H20ClN3O4/c1-15(31-21-10-6-5-9-20(21)30-2)23(29)26-19-8-4-3-7-18(19)24-27-22(28-32-24)16-11-13-17(25)14-12-16/h3-15H,1-2H3,(H,26,29)/t15-/m0/s1. The van der Waals surface area contributed by atoms with Gasteiger partial charge in [-0.2, -0.15) is 4.98 Å². The van der Waals surface area contributed by atoms with Crippen LogP contribution in [0.4, 0.5) is 5.69 Å². The van der Waals surface area contributed by atoms with E-state index in [1.165, 1.54) is 0 Å². The molecule has 4 aromatic rings. The van der Waals surface area contributed by atoms with E-state index in [1.807, 2.05) is 30.3 Å². The van der Waals surface area contributed by atoms with Crippen molar-refractivity contribution in [3.05, 3.63) is 77.8 Å². The second-order valence-corrected chi connectivity index (χ2v) is 7.31. The Morgan fingerprint density at radius 1 is 1.00 bits per heavy atom. The summed E-state index contributed by atoms with van der Waals surface area (Å²) in [7, 11) is 1.55. The Labute approximate surface area is 189 Å². The van der Waals surface area contributed by atoms with Crippen LogP contribution >= 0.6 is 11.6 Å². The van der Waals surface area contributed by atoms with E-state index in [1.54, 1.807) is 56.5 Å². The first-order valence-corrected chi connectivity index (χ1v) is 10.2. The molecule has 7 nitrogen and oxygen atoms in total. The number of hydrogen-bond donors (Lipinski definition) is 1. The fourth-order valence-electron chi connectivity index (χ4n) is 3.02. The molecule has 4 rings (SSSR count). The normalized spacial score (nSPS) is 11.6. The van der Waals surface area contributed by atoms with Crippen LogP contribution < -0.4 is 14.8 Å². The van der Waals surface area contributed by atoms with Gasteiger partial charge < -0.3 is 19.3 Å². The molecule has 32 heavy (non-hydrogen) atoms. The van der Waals surface area contributed by atoms with Gasteiger partial charge >= 0.3 is 0 Å². The first-order valence-electron chi connectivity index (χ1n) is 9.84. The number of halogens is 1. The van der Waals surface area contributed by atoms with Gasteiger partial charge in [0.05, 0.1) is 18.4 Å². The van der Waals surface area contributed by atoms with Crippen molar-refractivity contribution in [2.24, 2.45) is 0 Å². The summed E-state index contributed by atoms with van der Waals surface area (Å²) in [5, 5.41) is 7.54. The number of nitrogens with zero attached hydrogens (tertiary/aromatic N) is 2. The Hall–Kier alpha value is -3.84. The van der Waals surface area contributed by atoms with Crippen LogP contribution in [0.2, 0.25) is 5.02 Å². The fraction of sp³-hybridized carbons (Fsp3) is 0.125. The number of methoxy groups -OCH3 is 1. The number of rotatable bonds is 7. The molecule has 1 amide bonds. The van der Waals surface area contributed by atoms with Crippen molar-refractivity contribution < 1.29 is 18.8 Å². The number of amides is 1. The molecule has 0 unspecified atom stereocenters. The maximum Gasteiger partial charge on any atom is 0.265 e. The predicted molar refractivity (Wildman–Crippen MR) is 122 cm³/mol. The lowest BCUT2D eigenvalue weighted by Crippen LogP contribution is -2.30. The Morgan fingerprint density at radius 3 is 2.44 bits per heavy atom. The Balaban J connectivity index is 1.52. The average Bonchev–Trinajstić information content (AvgIpc) is 3.30. The number of hydrogen-bond acceptors (Lipinski definition) is 6. The lowest BCUT2D eigenvalue weighted by Gasteiger charge is -2.17. The topological polar surface area (TPSA) is 86.5 Å². The van der Waals surface area contributed by atoms with E-state index in [0.717, 1.165) is 5.56 Å². The van der Waals surface area contributed by atoms with Crippen molar-refractivity contribution in [3.8, 4) is 34.3 Å². The summed E-state index contributed by atoms with van der Waals surface area (Å²) in [6.07, 6.45) is -0.772. The van der Waals surface area contributed by atoms with Crippen LogP contribution in [0.3, 0.4) is 0 Å². The van der Waals surface area contributed by atoms with Crippen molar-refractivity contribution >= 4 is 23.2 Å². The molecule has 0 aliphatic rings. The van der Waals surface area contributed by atoms with Crippen LogP contribution in [0.15, 0.2) is 77.3 Å². The van der Waals surface area contributed by atoms with Crippen LogP contribution in [-0.2, 0) is 4.79 Å². The van der Waals surface area contributed by atoms with E-state index in [2.05, 4.69) is 15.5 Å². The van der Waals surface area contributed by atoms with Gasteiger partial charge in [-0.15, -0.1) is 0 Å². The van der Waals surface area contributed by atoms with E-state index < -0.39 is 6.10 Å². The minimum atomic E-state index is -0.772. The summed E-state index contributed by atoms with van der Waals surface area (Å²) < 4.78 is 16.5. The summed E-state index contributed by atoms with van der Waals surface area (Å²) in [6.45, 7) is 1.66. The molecule has 0 bridgehead atoms. The third-order valence-corrected chi connectivity index (χ3v) is 4.94. The van der Waals surface area contributed by atoms with Crippen molar-refractivity contribution in [2.45, 2.75) is 13.0 Å². The van der Waals surface area contributed by atoms with E-state index in [0.29, 0.717) is 33.6 Å². The maximum absolute atomic E-state index is 12.8. The molecule has 162 valence electrons. The Morgan fingerprint density at radius 2 is 1.69 bits per heavy atom. The number of carbonyl (C=O) groups is 1. The molecule has 3 aromatic carbocycles. The summed E-state index contributed by atoms with van der Waals surface area (Å²) in [6, 6.07) is 21.5. The van der Waals surface area contributed by atoms with Gasteiger partial charge in [0, 0.05) is 10.6 Å². The molecule has 1 N–H and O–H groups in total. The molecular weight excluding hydrogens is 430 g/mol. The predicted octanol–water partition coefficient (Wildman–Crippen LogP) is 5.47. The van der Waals surface area contributed by atoms with Gasteiger partial charge in [0.15, 0.2) is 17.6 Å². The van der Waals surface area contributed by atoms with Crippen LogP contribution in [0.1, 0.15) is 6.92 Å². The molecule has 1 heterocycles. The van der Waals surface area contributed by atoms with E-state index in [-0.39, 0.29) is 11.8 Å². The number of ether oxygens (including phenoxy) is 2. The molecule has 0 aliphatic heterocycles. The van der Waals surface area contributed by atoms with Crippen molar-refractivity contribution in [1.82, 2.24) is 10.1 Å². The molecule has 0 aliphatic carbocycles. The highest BCUT2D eigenvalue weighted by Crippen LogP contribution is 2.30. The summed E-state index contributed by atoms with van der Waals surface area (Å²) in [5.41, 5.74) is 1.89. The third-order valence-electron chi connectivity index (χ3n) is 4.69. The van der Waals surface area contributed by atoms with Gasteiger partial charge in [-0.1, -0.05) is 41.0 Å². The van der Waals surface area contributed by atoms with Crippen molar-refractivity contribution in [2.75, 3.05) is 12.4 Å². The molecule has 1 aromatic heterocycles. The van der Waals surface area contributed by atoms with Gasteiger partial charge in [0.25, 0.3) is 11.8 Å². The monoisotopic (exact) mass is 449 g/mol. The number of carbonyl (C=O) groups excluding carboxylic acids is 1. The summed E-state index contributed by atoms with van der Waals surface area (Å²) in [4.78, 5) is 17.3. The zero-order chi connectivity index (χ0) is 22.5. The van der Waals surface area contributed by atoms with Gasteiger partial charge in [-0.05, 0) is 55.5 Å². The summed E-state index contributed by atoms with van der Waals surface area (Å²) in [5.74, 6) is 1.40. The summed E-state index contributed by atoms with van der Waals surface area (Å²) >= 11 is 5.94. The van der Waals surface area contributed by atoms with Crippen molar-refractivity contribution in [1.29, 1.82) is 0 Å². The van der Waals surface area contributed by atoms with Crippen LogP contribution in [0, 0.1) is 0 Å². The van der Waals surface area contributed by atoms with Crippen molar-refractivity contribution in [3.63, 3.8) is 0 Å². The van der Waals surface area contributed by atoms with Crippen LogP contribution in [0.5, 0.6) is 11.5 Å². The molecule has 0 saturated heterocycles. The maximum atomic E-state index is 12.8. The third kappa shape index (κ3) is 4.73. The Kier molecular flexibility index (Phi) is 6.37. The molecule has 1 atom stereocenters. The number of nitrogens with one attached hydrogen (secondary N) is 1. The zero-order valence-corrected chi connectivity index (χ0v) is 18.2. The smallest absolute Gasteiger partial charge is 0.265 e. The minimum Gasteiger partial charge on any atom is -0.493 e. The van der Waals surface area contributed by atoms with Crippen LogP contribution in [0.25, 0.3) is 22.8 Å². The molecule has 0 spiro atoms. The number of aromatic nitrogens is 2. The number of anilines is 1. The highest BCUT2D eigenvalue weighted by Gasteiger charge is 2.20. The van der Waals surface area contributed by atoms with E-state index >= 15 is 0 Å². The quantitative estimate of drug-likeness (QED) is 0.402. The zero-order valence-electron chi connectivity index (χ0n) is 17.4. The first kappa shape index (κ1) is 21.4. The molecular formula is C24H20ClN3O4. The molecule has 0 radical (unpaired) electrons. The first-order chi connectivity index (χ1) is 15.5. The van der Waals surface area contributed by atoms with E-state index in [4.69, 9.17) is 25.6 Å². The number of para-hydroxylation sites is 3. The minimum absolute atomic E-state index is 0.282. The SMILES string of the molecule is COc1ccccc1O[C@@H](C)C(=O)Nc1ccccc1-c1nc(-c2ccc(Cl)cc2)no1. The van der Waals surface area contributed by atoms with Gasteiger partial charge in [-0.25, -0.2) is 0 Å². The largest absolute Gasteiger partial charge is 0.493 e. The lowest BCUT2D eigenvalue weighted by atomic mass is 10.1. The van der Waals surface area contributed by atoms with Gasteiger partial charge in [-0.3, -0.25) is 4.79 Å². The highest BCUT2D eigenvalue weighted by molar-refractivity contribution is 6.30. The highest BCUT2D eigenvalue weighted by atomic mass is 35.5. The second-order valence-electron chi connectivity index (χ2n) is 6.88. The lowest BCUT2D eigenvalue weighted by molar-refractivity contribution is -0.122. The average molecular weight is 450 g/mol. The molecule has 0 saturated carbocycles. The molecule has 8 heteroatoms. The van der Waals surface area contributed by atoms with Gasteiger partial charge in [0.1, 0.15) is 0 Å². The van der Waals surface area contributed by atoms with Crippen LogP contribution in [-0.4, -0.2) is 29.3 Å². The number of benzene rings is 3. The fourth-order valence-corrected chi connectivity index (χ4v) is 3.15. The van der Waals surface area contributed by atoms with Gasteiger partial charge in [0.2, 0.25) is 5.82 Å².